The highest BCUT2D eigenvalue weighted by Gasteiger charge is 2.51. The van der Waals surface area contributed by atoms with Gasteiger partial charge in [-0.05, 0) is 39.8 Å². The van der Waals surface area contributed by atoms with Gasteiger partial charge in [-0.25, -0.2) is 0 Å². The van der Waals surface area contributed by atoms with E-state index in [0.717, 1.165) is 11.2 Å². The summed E-state index contributed by atoms with van der Waals surface area (Å²) in [7, 11) is -0.341. The number of hydrogen-bond acceptors (Lipinski definition) is 3. The highest BCUT2D eigenvalue weighted by atomic mass is 16.7. The Morgan fingerprint density at radius 3 is 2.18 bits per heavy atom. The van der Waals surface area contributed by atoms with Crippen LogP contribution in [-0.2, 0) is 9.31 Å². The normalized spacial score (nSPS) is 21.5. The Kier molecular flexibility index (Phi) is 2.88. The van der Waals surface area contributed by atoms with E-state index in [4.69, 9.17) is 9.31 Å². The molecule has 0 saturated carbocycles. The first-order chi connectivity index (χ1) is 7.86. The summed E-state index contributed by atoms with van der Waals surface area (Å²) in [5.41, 5.74) is 1.17. The van der Waals surface area contributed by atoms with Gasteiger partial charge in [0, 0.05) is 11.7 Å². The van der Waals surface area contributed by atoms with Crippen LogP contribution >= 0.6 is 0 Å². The molecule has 17 heavy (non-hydrogen) atoms. The molecule has 2 rings (SSSR count). The van der Waals surface area contributed by atoms with Crippen LogP contribution in [0.5, 0.6) is 0 Å². The van der Waals surface area contributed by atoms with E-state index in [-0.39, 0.29) is 18.3 Å². The van der Waals surface area contributed by atoms with E-state index in [1.54, 1.807) is 12.3 Å². The molecule has 0 spiro atoms. The second kappa shape index (κ2) is 3.96. The fraction of sp³-hybridized carbons (Fsp3) is 0.462. The van der Waals surface area contributed by atoms with Crippen molar-refractivity contribution in [3.63, 3.8) is 0 Å². The molecular formula is C13H18BNO2. The predicted molar refractivity (Wildman–Crippen MR) is 70.0 cm³/mol. The van der Waals surface area contributed by atoms with E-state index < -0.39 is 0 Å². The fourth-order valence-corrected chi connectivity index (χ4v) is 1.66. The predicted octanol–water partition coefficient (Wildman–Crippen LogP) is 2.02. The minimum Gasteiger partial charge on any atom is -0.399 e. The van der Waals surface area contributed by atoms with Crippen molar-refractivity contribution in [3.8, 4) is 0 Å². The van der Waals surface area contributed by atoms with Crippen LogP contribution in [0.25, 0.3) is 6.08 Å². The molecular weight excluding hydrogens is 213 g/mol. The van der Waals surface area contributed by atoms with E-state index in [1.807, 2.05) is 39.8 Å². The minimum atomic E-state index is -0.341. The van der Waals surface area contributed by atoms with Crippen molar-refractivity contribution < 1.29 is 9.31 Å². The highest BCUT2D eigenvalue weighted by Crippen LogP contribution is 2.36. The molecule has 0 unspecified atom stereocenters. The maximum Gasteiger partial charge on any atom is 0.496 e. The van der Waals surface area contributed by atoms with Gasteiger partial charge in [-0.3, -0.25) is 4.98 Å². The van der Waals surface area contributed by atoms with Crippen LogP contribution in [0.3, 0.4) is 0 Å². The van der Waals surface area contributed by atoms with Crippen molar-refractivity contribution in [2.45, 2.75) is 38.9 Å². The summed E-state index contributed by atoms with van der Waals surface area (Å²) in [5, 5.41) is 0. The monoisotopic (exact) mass is 231 g/mol. The van der Waals surface area contributed by atoms with Crippen LogP contribution in [0.1, 0.15) is 33.4 Å². The summed E-state index contributed by atoms with van der Waals surface area (Å²) in [6.45, 7) is 11.8. The molecule has 1 saturated heterocycles. The summed E-state index contributed by atoms with van der Waals surface area (Å²) in [5.74, 6) is 0. The Morgan fingerprint density at radius 1 is 1.18 bits per heavy atom. The maximum absolute atomic E-state index is 5.94. The summed E-state index contributed by atoms with van der Waals surface area (Å²) in [6.07, 6.45) is 3.49. The van der Waals surface area contributed by atoms with E-state index >= 15 is 0 Å². The van der Waals surface area contributed by atoms with E-state index in [0.29, 0.717) is 0 Å². The lowest BCUT2D eigenvalue weighted by molar-refractivity contribution is 0.00578. The zero-order valence-electron chi connectivity index (χ0n) is 10.9. The molecule has 0 atom stereocenters. The fourth-order valence-electron chi connectivity index (χ4n) is 1.66. The number of nitrogens with zero attached hydrogens (tertiary/aromatic N) is 1. The van der Waals surface area contributed by atoms with Crippen molar-refractivity contribution in [1.82, 2.24) is 4.98 Å². The average molecular weight is 231 g/mol. The van der Waals surface area contributed by atoms with Crippen LogP contribution in [0, 0.1) is 0 Å². The Labute approximate surface area is 103 Å². The number of pyridine rings is 1. The van der Waals surface area contributed by atoms with Gasteiger partial charge in [0.05, 0.1) is 16.9 Å². The van der Waals surface area contributed by atoms with E-state index in [1.165, 1.54) is 0 Å². The molecule has 2 heterocycles. The van der Waals surface area contributed by atoms with Gasteiger partial charge in [-0.2, -0.15) is 0 Å². The van der Waals surface area contributed by atoms with Gasteiger partial charge in [-0.1, -0.05) is 12.6 Å². The van der Waals surface area contributed by atoms with Crippen molar-refractivity contribution in [1.29, 1.82) is 0 Å². The number of rotatable bonds is 2. The third-order valence-corrected chi connectivity index (χ3v) is 3.54. The zero-order chi connectivity index (χ0) is 12.7. The van der Waals surface area contributed by atoms with E-state index in [9.17, 15) is 0 Å². The molecule has 0 aliphatic carbocycles. The van der Waals surface area contributed by atoms with Crippen molar-refractivity contribution in [2.75, 3.05) is 0 Å². The summed E-state index contributed by atoms with van der Waals surface area (Å²) >= 11 is 0. The lowest BCUT2D eigenvalue weighted by Gasteiger charge is -2.32. The van der Waals surface area contributed by atoms with Gasteiger partial charge in [0.1, 0.15) is 0 Å². The third-order valence-electron chi connectivity index (χ3n) is 3.54. The number of aromatic nitrogens is 1. The minimum absolute atomic E-state index is 0.311. The number of hydrogen-bond donors (Lipinski definition) is 0. The molecule has 0 radical (unpaired) electrons. The second-order valence-corrected chi connectivity index (χ2v) is 5.31. The first kappa shape index (κ1) is 12.3. The lowest BCUT2D eigenvalue weighted by Crippen LogP contribution is -2.41. The summed E-state index contributed by atoms with van der Waals surface area (Å²) < 4.78 is 11.9. The molecule has 1 aromatic heterocycles. The molecule has 1 aliphatic rings. The van der Waals surface area contributed by atoms with Gasteiger partial charge < -0.3 is 9.31 Å². The third kappa shape index (κ3) is 2.15. The van der Waals surface area contributed by atoms with Gasteiger partial charge in [0.15, 0.2) is 0 Å². The van der Waals surface area contributed by atoms with Crippen LogP contribution in [0.4, 0.5) is 0 Å². The Morgan fingerprint density at radius 2 is 1.76 bits per heavy atom. The quantitative estimate of drug-likeness (QED) is 0.729. The van der Waals surface area contributed by atoms with Crippen molar-refractivity contribution in [2.24, 2.45) is 0 Å². The molecule has 1 aromatic rings. The molecule has 0 bridgehead atoms. The molecule has 90 valence electrons. The lowest BCUT2D eigenvalue weighted by atomic mass is 9.80. The van der Waals surface area contributed by atoms with Gasteiger partial charge in [0.25, 0.3) is 0 Å². The molecule has 1 aliphatic heterocycles. The van der Waals surface area contributed by atoms with Gasteiger partial charge >= 0.3 is 7.12 Å². The first-order valence-electron chi connectivity index (χ1n) is 5.80. The molecule has 0 amide bonds. The largest absolute Gasteiger partial charge is 0.496 e. The van der Waals surface area contributed by atoms with Crippen molar-refractivity contribution >= 4 is 18.7 Å². The Balaban J connectivity index is 2.22. The van der Waals surface area contributed by atoms with Crippen LogP contribution in [-0.4, -0.2) is 23.3 Å². The average Bonchev–Trinajstić information content (AvgIpc) is 2.48. The SMILES string of the molecule is C=Cc1ccc(B2OC(C)(C)C(C)(C)O2)cn1. The summed E-state index contributed by atoms with van der Waals surface area (Å²) in [4.78, 5) is 4.26. The summed E-state index contributed by atoms with van der Waals surface area (Å²) in [6, 6.07) is 3.87. The zero-order valence-corrected chi connectivity index (χ0v) is 10.9. The molecule has 0 aromatic carbocycles. The van der Waals surface area contributed by atoms with Gasteiger partial charge in [-0.15, -0.1) is 0 Å². The molecule has 3 nitrogen and oxygen atoms in total. The second-order valence-electron chi connectivity index (χ2n) is 5.31. The Bertz CT molecular complexity index is 410. The molecule has 0 N–H and O–H groups in total. The Hall–Kier alpha value is -1.13. The standard InChI is InChI=1S/C13H18BNO2/c1-6-11-8-7-10(9-15-11)14-16-12(2,3)13(4,5)17-14/h6-9H,1H2,2-5H3. The smallest absolute Gasteiger partial charge is 0.399 e. The topological polar surface area (TPSA) is 31.4 Å². The van der Waals surface area contributed by atoms with Crippen LogP contribution in [0.15, 0.2) is 24.9 Å². The van der Waals surface area contributed by atoms with E-state index in [2.05, 4.69) is 11.6 Å². The first-order valence-corrected chi connectivity index (χ1v) is 5.80. The van der Waals surface area contributed by atoms with Gasteiger partial charge in [0.2, 0.25) is 0 Å². The van der Waals surface area contributed by atoms with Crippen LogP contribution < -0.4 is 5.46 Å². The molecule has 4 heteroatoms. The molecule has 1 fully saturated rings. The highest BCUT2D eigenvalue weighted by molar-refractivity contribution is 6.62. The van der Waals surface area contributed by atoms with Crippen LogP contribution in [0.2, 0.25) is 0 Å². The maximum atomic E-state index is 5.94. The van der Waals surface area contributed by atoms with Crippen molar-refractivity contribution in [3.05, 3.63) is 30.6 Å².